The molecule has 1 amide bonds. The lowest BCUT2D eigenvalue weighted by Crippen LogP contribution is -2.08. The van der Waals surface area contributed by atoms with Crippen LogP contribution in [0.4, 0.5) is 10.1 Å². The number of anilines is 1. The maximum Gasteiger partial charge on any atom is 0.231 e. The first kappa shape index (κ1) is 8.87. The Morgan fingerprint density at radius 2 is 2.21 bits per heavy atom. The first-order chi connectivity index (χ1) is 6.63. The lowest BCUT2D eigenvalue weighted by atomic mass is 10.0. The van der Waals surface area contributed by atoms with E-state index in [0.29, 0.717) is 11.8 Å². The maximum atomic E-state index is 13.3. The minimum Gasteiger partial charge on any atom is -0.323 e. The van der Waals surface area contributed by atoms with Crippen molar-refractivity contribution in [1.82, 2.24) is 0 Å². The molecular weight excluding hydrogens is 185 g/mol. The van der Waals surface area contributed by atoms with Gasteiger partial charge in [-0.15, -0.1) is 0 Å². The van der Waals surface area contributed by atoms with E-state index < -0.39 is 5.82 Å². The SMILES string of the molecule is CC1C(=O)Nc2c(F)cc(C=O)cc21. The fourth-order valence-corrected chi connectivity index (χ4v) is 1.56. The van der Waals surface area contributed by atoms with Crippen LogP contribution >= 0.6 is 0 Å². The molecule has 1 N–H and O–H groups in total. The summed E-state index contributed by atoms with van der Waals surface area (Å²) in [6, 6.07) is 2.65. The molecule has 0 aliphatic carbocycles. The Labute approximate surface area is 79.9 Å². The third kappa shape index (κ3) is 1.11. The summed E-state index contributed by atoms with van der Waals surface area (Å²) >= 11 is 0. The molecule has 3 nitrogen and oxygen atoms in total. The number of hydrogen-bond acceptors (Lipinski definition) is 2. The van der Waals surface area contributed by atoms with E-state index in [0.717, 1.165) is 6.07 Å². The van der Waals surface area contributed by atoms with E-state index in [1.807, 2.05) is 0 Å². The average Bonchev–Trinajstić information content (AvgIpc) is 2.45. The van der Waals surface area contributed by atoms with Gasteiger partial charge in [0.25, 0.3) is 0 Å². The molecule has 1 aliphatic heterocycles. The van der Waals surface area contributed by atoms with Crippen molar-refractivity contribution in [3.63, 3.8) is 0 Å². The highest BCUT2D eigenvalue weighted by molar-refractivity contribution is 6.03. The molecular formula is C10H8FNO2. The average molecular weight is 193 g/mol. The lowest BCUT2D eigenvalue weighted by Gasteiger charge is -2.02. The van der Waals surface area contributed by atoms with Crippen molar-refractivity contribution in [2.45, 2.75) is 12.8 Å². The summed E-state index contributed by atoms with van der Waals surface area (Å²) in [4.78, 5) is 21.7. The molecule has 1 aromatic rings. The van der Waals surface area contributed by atoms with Gasteiger partial charge in [-0.1, -0.05) is 0 Å². The van der Waals surface area contributed by atoms with Crippen LogP contribution in [-0.2, 0) is 4.79 Å². The number of rotatable bonds is 1. The van der Waals surface area contributed by atoms with Gasteiger partial charge in [0, 0.05) is 5.56 Å². The predicted molar refractivity (Wildman–Crippen MR) is 48.8 cm³/mol. The van der Waals surface area contributed by atoms with Crippen LogP contribution in [-0.4, -0.2) is 12.2 Å². The number of halogens is 1. The minimum absolute atomic E-state index is 0.202. The normalized spacial score (nSPS) is 19.0. The van der Waals surface area contributed by atoms with Crippen molar-refractivity contribution in [3.8, 4) is 0 Å². The molecule has 2 rings (SSSR count). The molecule has 72 valence electrons. The van der Waals surface area contributed by atoms with Crippen molar-refractivity contribution < 1.29 is 14.0 Å². The highest BCUT2D eigenvalue weighted by Gasteiger charge is 2.29. The number of benzene rings is 1. The summed E-state index contributed by atoms with van der Waals surface area (Å²) in [6.07, 6.45) is 0.568. The van der Waals surface area contributed by atoms with Gasteiger partial charge in [-0.25, -0.2) is 4.39 Å². The van der Waals surface area contributed by atoms with Gasteiger partial charge in [0.15, 0.2) is 0 Å². The Bertz CT molecular complexity index is 428. The van der Waals surface area contributed by atoms with Crippen LogP contribution in [0.15, 0.2) is 12.1 Å². The van der Waals surface area contributed by atoms with Gasteiger partial charge in [0.1, 0.15) is 12.1 Å². The van der Waals surface area contributed by atoms with Crippen LogP contribution in [0, 0.1) is 5.82 Å². The number of carbonyl (C=O) groups excluding carboxylic acids is 2. The summed E-state index contributed by atoms with van der Waals surface area (Å²) in [5, 5.41) is 2.44. The zero-order chi connectivity index (χ0) is 10.3. The Balaban J connectivity index is 2.63. The third-order valence-corrected chi connectivity index (χ3v) is 2.39. The molecule has 1 heterocycles. The van der Waals surface area contributed by atoms with Gasteiger partial charge in [-0.2, -0.15) is 0 Å². The van der Waals surface area contributed by atoms with E-state index >= 15 is 0 Å². The summed E-state index contributed by atoms with van der Waals surface area (Å²) in [7, 11) is 0. The number of aldehydes is 1. The topological polar surface area (TPSA) is 46.2 Å². The number of carbonyl (C=O) groups is 2. The fraction of sp³-hybridized carbons (Fsp3) is 0.200. The first-order valence-electron chi connectivity index (χ1n) is 4.23. The molecule has 14 heavy (non-hydrogen) atoms. The molecule has 0 saturated heterocycles. The summed E-state index contributed by atoms with van der Waals surface area (Å²) in [5.74, 6) is -1.18. The molecule has 0 spiro atoms. The molecule has 0 bridgehead atoms. The van der Waals surface area contributed by atoms with Gasteiger partial charge >= 0.3 is 0 Å². The molecule has 0 fully saturated rings. The minimum atomic E-state index is -0.553. The predicted octanol–water partition coefficient (Wildman–Crippen LogP) is 1.69. The standard InChI is InChI=1S/C10H8FNO2/c1-5-7-2-6(4-13)3-8(11)9(7)12-10(5)14/h2-5H,1H3,(H,12,14). The van der Waals surface area contributed by atoms with Gasteiger partial charge in [0.05, 0.1) is 11.6 Å². The van der Waals surface area contributed by atoms with Crippen LogP contribution in [0.1, 0.15) is 28.8 Å². The van der Waals surface area contributed by atoms with E-state index in [1.165, 1.54) is 6.07 Å². The number of nitrogens with one attached hydrogen (secondary N) is 1. The number of hydrogen-bond donors (Lipinski definition) is 1. The smallest absolute Gasteiger partial charge is 0.231 e. The zero-order valence-corrected chi connectivity index (χ0v) is 7.50. The zero-order valence-electron chi connectivity index (χ0n) is 7.50. The highest BCUT2D eigenvalue weighted by Crippen LogP contribution is 2.34. The van der Waals surface area contributed by atoms with Gasteiger partial charge < -0.3 is 5.32 Å². The molecule has 0 radical (unpaired) electrons. The van der Waals surface area contributed by atoms with Crippen LogP contribution in [0.2, 0.25) is 0 Å². The van der Waals surface area contributed by atoms with Gasteiger partial charge in [0.2, 0.25) is 5.91 Å². The molecule has 1 aromatic carbocycles. The number of fused-ring (bicyclic) bond motifs is 1. The second kappa shape index (κ2) is 2.90. The Hall–Kier alpha value is -1.71. The fourth-order valence-electron chi connectivity index (χ4n) is 1.56. The van der Waals surface area contributed by atoms with Gasteiger partial charge in [-0.3, -0.25) is 9.59 Å². The highest BCUT2D eigenvalue weighted by atomic mass is 19.1. The first-order valence-corrected chi connectivity index (χ1v) is 4.23. The summed E-state index contributed by atoms with van der Waals surface area (Å²) in [6.45, 7) is 1.68. The third-order valence-electron chi connectivity index (χ3n) is 2.39. The Morgan fingerprint density at radius 1 is 1.50 bits per heavy atom. The molecule has 0 aromatic heterocycles. The van der Waals surface area contributed by atoms with Crippen molar-refractivity contribution in [1.29, 1.82) is 0 Å². The van der Waals surface area contributed by atoms with Crippen LogP contribution in [0.5, 0.6) is 0 Å². The van der Waals surface area contributed by atoms with Crippen LogP contribution < -0.4 is 5.32 Å². The van der Waals surface area contributed by atoms with E-state index in [9.17, 15) is 14.0 Å². The van der Waals surface area contributed by atoms with Crippen LogP contribution in [0.3, 0.4) is 0 Å². The Kier molecular flexibility index (Phi) is 1.84. The molecule has 1 unspecified atom stereocenters. The van der Waals surface area contributed by atoms with Crippen LogP contribution in [0.25, 0.3) is 0 Å². The van der Waals surface area contributed by atoms with Crippen molar-refractivity contribution in [2.75, 3.05) is 5.32 Å². The quantitative estimate of drug-likeness (QED) is 0.690. The maximum absolute atomic E-state index is 13.3. The van der Waals surface area contributed by atoms with Crippen molar-refractivity contribution >= 4 is 17.9 Å². The van der Waals surface area contributed by atoms with E-state index in [4.69, 9.17) is 0 Å². The second-order valence-corrected chi connectivity index (χ2v) is 3.30. The Morgan fingerprint density at radius 3 is 2.86 bits per heavy atom. The molecule has 1 aliphatic rings. The second-order valence-electron chi connectivity index (χ2n) is 3.30. The molecule has 1 atom stereocenters. The van der Waals surface area contributed by atoms with Gasteiger partial charge in [-0.05, 0) is 24.6 Å². The molecule has 4 heteroatoms. The summed E-state index contributed by atoms with van der Waals surface area (Å²) in [5.41, 5.74) is 1.01. The van der Waals surface area contributed by atoms with Crippen molar-refractivity contribution in [3.05, 3.63) is 29.1 Å². The van der Waals surface area contributed by atoms with E-state index in [2.05, 4.69) is 5.32 Å². The van der Waals surface area contributed by atoms with E-state index in [-0.39, 0.29) is 23.1 Å². The summed E-state index contributed by atoms with van der Waals surface area (Å²) < 4.78 is 13.3. The van der Waals surface area contributed by atoms with E-state index in [1.54, 1.807) is 6.92 Å². The monoisotopic (exact) mass is 193 g/mol. The number of amides is 1. The van der Waals surface area contributed by atoms with Crippen molar-refractivity contribution in [2.24, 2.45) is 0 Å². The lowest BCUT2D eigenvalue weighted by molar-refractivity contribution is -0.116. The largest absolute Gasteiger partial charge is 0.323 e. The molecule has 0 saturated carbocycles.